The van der Waals surface area contributed by atoms with Crippen LogP contribution in [0.2, 0.25) is 5.02 Å². The van der Waals surface area contributed by atoms with Crippen LogP contribution in [0.4, 0.5) is 0 Å². The van der Waals surface area contributed by atoms with Gasteiger partial charge >= 0.3 is 0 Å². The zero-order valence-corrected chi connectivity index (χ0v) is 10.7. The molecule has 1 nitrogen and oxygen atoms in total. The first-order valence-corrected chi connectivity index (χ1v) is 5.75. The minimum absolute atomic E-state index is 0.320. The highest BCUT2D eigenvalue weighted by Crippen LogP contribution is 2.18. The molecule has 0 fully saturated rings. The number of nitrogens with one attached hydrogen (secondary N) is 1. The standard InChI is InChI=1S/C13H20ClN/c1-10(15-9-13(2,3)4)11-5-7-12(14)8-6-11/h5-8,10,15H,9H2,1-4H3/t10-/m1/s1. The Balaban J connectivity index is 2.54. The summed E-state index contributed by atoms with van der Waals surface area (Å²) in [5.74, 6) is 0. The van der Waals surface area contributed by atoms with Crippen LogP contribution >= 0.6 is 11.6 Å². The number of benzene rings is 1. The van der Waals surface area contributed by atoms with Gasteiger partial charge < -0.3 is 5.32 Å². The van der Waals surface area contributed by atoms with Crippen molar-refractivity contribution in [3.63, 3.8) is 0 Å². The second-order valence-corrected chi connectivity index (χ2v) is 5.65. The lowest BCUT2D eigenvalue weighted by Crippen LogP contribution is -2.29. The number of rotatable bonds is 3. The molecule has 0 aliphatic carbocycles. The van der Waals surface area contributed by atoms with Gasteiger partial charge in [-0.05, 0) is 30.0 Å². The van der Waals surface area contributed by atoms with E-state index in [0.717, 1.165) is 11.6 Å². The molecule has 0 aliphatic heterocycles. The molecule has 1 N–H and O–H groups in total. The van der Waals surface area contributed by atoms with Gasteiger partial charge in [-0.15, -0.1) is 0 Å². The van der Waals surface area contributed by atoms with Gasteiger partial charge in [0, 0.05) is 17.6 Å². The Morgan fingerprint density at radius 2 is 1.73 bits per heavy atom. The van der Waals surface area contributed by atoms with Crippen LogP contribution in [-0.4, -0.2) is 6.54 Å². The summed E-state index contributed by atoms with van der Waals surface area (Å²) in [4.78, 5) is 0. The molecule has 0 unspecified atom stereocenters. The van der Waals surface area contributed by atoms with Gasteiger partial charge in [0.05, 0.1) is 0 Å². The van der Waals surface area contributed by atoms with Crippen molar-refractivity contribution >= 4 is 11.6 Å². The van der Waals surface area contributed by atoms with Crippen molar-refractivity contribution in [3.8, 4) is 0 Å². The van der Waals surface area contributed by atoms with E-state index in [1.54, 1.807) is 0 Å². The molecule has 1 atom stereocenters. The lowest BCUT2D eigenvalue weighted by atomic mass is 9.96. The SMILES string of the molecule is C[C@@H](NCC(C)(C)C)c1ccc(Cl)cc1. The molecule has 2 heteroatoms. The van der Waals surface area contributed by atoms with E-state index in [1.807, 2.05) is 12.1 Å². The molecular formula is C13H20ClN. The summed E-state index contributed by atoms with van der Waals surface area (Å²) in [5, 5.41) is 4.31. The lowest BCUT2D eigenvalue weighted by molar-refractivity contribution is 0.359. The minimum atomic E-state index is 0.320. The third-order valence-corrected chi connectivity index (χ3v) is 2.56. The monoisotopic (exact) mass is 225 g/mol. The third kappa shape index (κ3) is 4.67. The van der Waals surface area contributed by atoms with E-state index in [4.69, 9.17) is 11.6 Å². The summed E-state index contributed by atoms with van der Waals surface area (Å²) in [6, 6.07) is 8.39. The summed E-state index contributed by atoms with van der Waals surface area (Å²) in [7, 11) is 0. The van der Waals surface area contributed by atoms with Crippen LogP contribution in [0.3, 0.4) is 0 Å². The predicted octanol–water partition coefficient (Wildman–Crippen LogP) is 4.04. The first-order valence-electron chi connectivity index (χ1n) is 5.37. The maximum Gasteiger partial charge on any atom is 0.0406 e. The smallest absolute Gasteiger partial charge is 0.0406 e. The van der Waals surface area contributed by atoms with Crippen molar-refractivity contribution in [2.24, 2.45) is 5.41 Å². The molecule has 84 valence electrons. The molecule has 0 spiro atoms. The Bertz CT molecular complexity index is 297. The van der Waals surface area contributed by atoms with Gasteiger partial charge in [0.25, 0.3) is 0 Å². The van der Waals surface area contributed by atoms with Crippen LogP contribution in [0.1, 0.15) is 39.3 Å². The van der Waals surface area contributed by atoms with Crippen LogP contribution in [0.5, 0.6) is 0 Å². The molecule has 1 aromatic rings. The van der Waals surface area contributed by atoms with E-state index in [1.165, 1.54) is 5.56 Å². The summed E-state index contributed by atoms with van der Waals surface area (Å²) < 4.78 is 0. The fourth-order valence-corrected chi connectivity index (χ4v) is 1.45. The molecule has 0 aliphatic rings. The molecule has 0 amide bonds. The molecule has 0 saturated carbocycles. The molecule has 0 saturated heterocycles. The van der Waals surface area contributed by atoms with Crippen molar-refractivity contribution in [2.75, 3.05) is 6.54 Å². The van der Waals surface area contributed by atoms with Gasteiger partial charge in [-0.2, -0.15) is 0 Å². The van der Waals surface area contributed by atoms with E-state index in [2.05, 4.69) is 45.1 Å². The van der Waals surface area contributed by atoms with Crippen molar-refractivity contribution in [2.45, 2.75) is 33.7 Å². The van der Waals surface area contributed by atoms with Crippen LogP contribution in [-0.2, 0) is 0 Å². The predicted molar refractivity (Wildman–Crippen MR) is 67.3 cm³/mol. The molecular weight excluding hydrogens is 206 g/mol. The normalized spacial score (nSPS) is 13.9. The van der Waals surface area contributed by atoms with Gasteiger partial charge in [-0.1, -0.05) is 44.5 Å². The molecule has 0 heterocycles. The van der Waals surface area contributed by atoms with Gasteiger partial charge in [0.2, 0.25) is 0 Å². The third-order valence-electron chi connectivity index (χ3n) is 2.31. The summed E-state index contributed by atoms with van der Waals surface area (Å²) in [6.45, 7) is 9.88. The summed E-state index contributed by atoms with van der Waals surface area (Å²) >= 11 is 5.85. The first-order chi connectivity index (χ1) is 6.88. The Morgan fingerprint density at radius 1 is 1.20 bits per heavy atom. The van der Waals surface area contributed by atoms with Crippen molar-refractivity contribution in [1.82, 2.24) is 5.32 Å². The maximum atomic E-state index is 5.85. The highest BCUT2D eigenvalue weighted by atomic mass is 35.5. The molecule has 0 radical (unpaired) electrons. The second-order valence-electron chi connectivity index (χ2n) is 5.21. The highest BCUT2D eigenvalue weighted by molar-refractivity contribution is 6.30. The van der Waals surface area contributed by atoms with Gasteiger partial charge in [0.15, 0.2) is 0 Å². The van der Waals surface area contributed by atoms with Gasteiger partial charge in [-0.3, -0.25) is 0 Å². The van der Waals surface area contributed by atoms with Crippen LogP contribution in [0, 0.1) is 5.41 Å². The van der Waals surface area contributed by atoms with Crippen LogP contribution in [0.15, 0.2) is 24.3 Å². The zero-order chi connectivity index (χ0) is 11.5. The molecule has 1 aromatic carbocycles. The van der Waals surface area contributed by atoms with E-state index >= 15 is 0 Å². The Morgan fingerprint density at radius 3 is 2.20 bits per heavy atom. The average Bonchev–Trinajstić information content (AvgIpc) is 2.14. The zero-order valence-electron chi connectivity index (χ0n) is 9.97. The fraction of sp³-hybridized carbons (Fsp3) is 0.538. The van der Waals surface area contributed by atoms with Crippen molar-refractivity contribution < 1.29 is 0 Å². The van der Waals surface area contributed by atoms with E-state index in [9.17, 15) is 0 Å². The van der Waals surface area contributed by atoms with Crippen LogP contribution in [0.25, 0.3) is 0 Å². The second kappa shape index (κ2) is 5.00. The highest BCUT2D eigenvalue weighted by Gasteiger charge is 2.12. The van der Waals surface area contributed by atoms with E-state index in [0.29, 0.717) is 11.5 Å². The number of hydrogen-bond acceptors (Lipinski definition) is 1. The van der Waals surface area contributed by atoms with Crippen molar-refractivity contribution in [1.29, 1.82) is 0 Å². The maximum absolute atomic E-state index is 5.85. The first kappa shape index (κ1) is 12.5. The lowest BCUT2D eigenvalue weighted by Gasteiger charge is -2.22. The summed E-state index contributed by atoms with van der Waals surface area (Å²) in [6.07, 6.45) is 0. The Kier molecular flexibility index (Phi) is 4.18. The summed E-state index contributed by atoms with van der Waals surface area (Å²) in [5.41, 5.74) is 1.60. The Labute approximate surface area is 97.8 Å². The van der Waals surface area contributed by atoms with Crippen LogP contribution < -0.4 is 5.32 Å². The van der Waals surface area contributed by atoms with Gasteiger partial charge in [0.1, 0.15) is 0 Å². The molecule has 15 heavy (non-hydrogen) atoms. The average molecular weight is 226 g/mol. The molecule has 0 aromatic heterocycles. The quantitative estimate of drug-likeness (QED) is 0.819. The largest absolute Gasteiger partial charge is 0.310 e. The molecule has 0 bridgehead atoms. The minimum Gasteiger partial charge on any atom is -0.310 e. The van der Waals surface area contributed by atoms with E-state index in [-0.39, 0.29) is 0 Å². The van der Waals surface area contributed by atoms with E-state index < -0.39 is 0 Å². The fourth-order valence-electron chi connectivity index (χ4n) is 1.33. The number of halogens is 1. The Hall–Kier alpha value is -0.530. The van der Waals surface area contributed by atoms with Crippen molar-refractivity contribution in [3.05, 3.63) is 34.9 Å². The van der Waals surface area contributed by atoms with Gasteiger partial charge in [-0.25, -0.2) is 0 Å². The molecule has 1 rings (SSSR count). The topological polar surface area (TPSA) is 12.0 Å². The number of hydrogen-bond donors (Lipinski definition) is 1.